The minimum absolute atomic E-state index is 0.0144. The van der Waals surface area contributed by atoms with Crippen molar-refractivity contribution in [3.8, 4) is 0 Å². The number of hydrogen-bond acceptors (Lipinski definition) is 5. The highest BCUT2D eigenvalue weighted by Gasteiger charge is 2.41. The molecule has 0 unspecified atom stereocenters. The summed E-state index contributed by atoms with van der Waals surface area (Å²) in [5, 5.41) is 28.0. The lowest BCUT2D eigenvalue weighted by Gasteiger charge is -2.36. The van der Waals surface area contributed by atoms with Gasteiger partial charge in [0, 0.05) is 14.1 Å². The van der Waals surface area contributed by atoms with E-state index in [2.05, 4.69) is 0 Å². The third-order valence-electron chi connectivity index (χ3n) is 2.57. The molecular weight excluding hydrogens is 202 g/mol. The van der Waals surface area contributed by atoms with Crippen LogP contribution < -0.4 is 0 Å². The third kappa shape index (κ3) is 2.46. The van der Waals surface area contributed by atoms with E-state index in [1.54, 1.807) is 14.1 Å². The zero-order valence-electron chi connectivity index (χ0n) is 8.83. The van der Waals surface area contributed by atoms with Crippen LogP contribution in [-0.2, 0) is 9.53 Å². The van der Waals surface area contributed by atoms with Crippen molar-refractivity contribution in [1.29, 1.82) is 0 Å². The van der Waals surface area contributed by atoms with Gasteiger partial charge in [-0.3, -0.25) is 4.79 Å². The van der Waals surface area contributed by atoms with Crippen molar-refractivity contribution in [2.75, 3.05) is 27.3 Å². The first-order valence-electron chi connectivity index (χ1n) is 4.78. The van der Waals surface area contributed by atoms with Crippen molar-refractivity contribution in [3.63, 3.8) is 0 Å². The summed E-state index contributed by atoms with van der Waals surface area (Å²) in [5.41, 5.74) is 0. The molecule has 1 fully saturated rings. The summed E-state index contributed by atoms with van der Waals surface area (Å²) in [4.78, 5) is 12.9. The fourth-order valence-corrected chi connectivity index (χ4v) is 1.59. The highest BCUT2D eigenvalue weighted by molar-refractivity contribution is 5.79. The van der Waals surface area contributed by atoms with Gasteiger partial charge in [-0.15, -0.1) is 0 Å². The molecule has 1 saturated heterocycles. The topological polar surface area (TPSA) is 90.2 Å². The molecular formula is C9H17NO5. The monoisotopic (exact) mass is 219 g/mol. The summed E-state index contributed by atoms with van der Waals surface area (Å²) < 4.78 is 5.09. The van der Waals surface area contributed by atoms with Crippen LogP contribution in [0.1, 0.15) is 0 Å². The molecule has 1 amide bonds. The Labute approximate surface area is 88.1 Å². The summed E-state index contributed by atoms with van der Waals surface area (Å²) in [6.07, 6.45) is -3.23. The highest BCUT2D eigenvalue weighted by atomic mass is 16.5. The van der Waals surface area contributed by atoms with Crippen LogP contribution in [0.15, 0.2) is 0 Å². The Morgan fingerprint density at radius 2 is 2.00 bits per heavy atom. The molecule has 0 aromatic rings. The number of aliphatic hydroxyl groups is 3. The first-order valence-corrected chi connectivity index (χ1v) is 4.78. The van der Waals surface area contributed by atoms with Gasteiger partial charge in [0.1, 0.15) is 12.2 Å². The van der Waals surface area contributed by atoms with E-state index in [0.29, 0.717) is 0 Å². The fraction of sp³-hybridized carbons (Fsp3) is 0.889. The van der Waals surface area contributed by atoms with Gasteiger partial charge >= 0.3 is 0 Å². The van der Waals surface area contributed by atoms with Gasteiger partial charge in [-0.05, 0) is 0 Å². The molecule has 1 rings (SSSR count). The van der Waals surface area contributed by atoms with Crippen molar-refractivity contribution in [3.05, 3.63) is 0 Å². The average Bonchev–Trinajstić information content (AvgIpc) is 2.21. The number of nitrogens with zero attached hydrogens (tertiary/aromatic N) is 1. The lowest BCUT2D eigenvalue weighted by Crippen LogP contribution is -2.55. The van der Waals surface area contributed by atoms with Gasteiger partial charge in [0.2, 0.25) is 5.91 Å². The standard InChI is InChI=1S/C9H17NO5/c1-10(2)9(14)5-4-15-6(3-11)8(13)7(5)12/h5-8,11-13H,3-4H2,1-2H3/t5-,6+,7+,8-/m0/s1. The summed E-state index contributed by atoms with van der Waals surface area (Å²) in [6, 6.07) is 0. The van der Waals surface area contributed by atoms with Gasteiger partial charge in [-0.25, -0.2) is 0 Å². The zero-order valence-corrected chi connectivity index (χ0v) is 8.83. The quantitative estimate of drug-likeness (QED) is 0.490. The number of carbonyl (C=O) groups is 1. The number of aliphatic hydroxyl groups excluding tert-OH is 3. The average molecular weight is 219 g/mol. The Morgan fingerprint density at radius 1 is 1.40 bits per heavy atom. The zero-order chi connectivity index (χ0) is 11.6. The Kier molecular flexibility index (Phi) is 4.04. The minimum atomic E-state index is -1.22. The molecule has 0 radical (unpaired) electrons. The SMILES string of the molecule is CN(C)C(=O)[C@H]1CO[C@H](CO)[C@H](O)[C@@H]1O. The van der Waals surface area contributed by atoms with Crippen molar-refractivity contribution >= 4 is 5.91 Å². The Bertz CT molecular complexity index is 233. The van der Waals surface area contributed by atoms with Crippen LogP contribution in [0.5, 0.6) is 0 Å². The molecule has 1 aliphatic heterocycles. The number of carbonyl (C=O) groups excluding carboxylic acids is 1. The normalized spacial score (nSPS) is 36.3. The van der Waals surface area contributed by atoms with Crippen LogP contribution in [0.4, 0.5) is 0 Å². The summed E-state index contributed by atoms with van der Waals surface area (Å²) in [6.45, 7) is -0.360. The number of hydrogen-bond donors (Lipinski definition) is 3. The van der Waals surface area contributed by atoms with E-state index < -0.39 is 24.2 Å². The fourth-order valence-electron chi connectivity index (χ4n) is 1.59. The van der Waals surface area contributed by atoms with Crippen molar-refractivity contribution < 1.29 is 24.9 Å². The second-order valence-electron chi connectivity index (χ2n) is 3.87. The molecule has 88 valence electrons. The smallest absolute Gasteiger partial charge is 0.230 e. The molecule has 1 aliphatic rings. The van der Waals surface area contributed by atoms with Crippen LogP contribution >= 0.6 is 0 Å². The van der Waals surface area contributed by atoms with Crippen LogP contribution in [0.25, 0.3) is 0 Å². The summed E-state index contributed by atoms with van der Waals surface area (Å²) in [5.74, 6) is -1.06. The lowest BCUT2D eigenvalue weighted by molar-refractivity contribution is -0.185. The van der Waals surface area contributed by atoms with Crippen molar-refractivity contribution in [2.45, 2.75) is 18.3 Å². The maximum absolute atomic E-state index is 11.6. The third-order valence-corrected chi connectivity index (χ3v) is 2.57. The van der Waals surface area contributed by atoms with E-state index in [-0.39, 0.29) is 19.1 Å². The van der Waals surface area contributed by atoms with Crippen LogP contribution in [0.2, 0.25) is 0 Å². The van der Waals surface area contributed by atoms with Gasteiger partial charge in [0.15, 0.2) is 0 Å². The van der Waals surface area contributed by atoms with Crippen LogP contribution in [-0.4, -0.2) is 71.7 Å². The van der Waals surface area contributed by atoms with E-state index in [4.69, 9.17) is 9.84 Å². The second-order valence-corrected chi connectivity index (χ2v) is 3.87. The predicted molar refractivity (Wildman–Crippen MR) is 51.0 cm³/mol. The Balaban J connectivity index is 2.68. The predicted octanol–water partition coefficient (Wildman–Crippen LogP) is -2.20. The Morgan fingerprint density at radius 3 is 2.47 bits per heavy atom. The molecule has 15 heavy (non-hydrogen) atoms. The second kappa shape index (κ2) is 4.89. The first kappa shape index (κ1) is 12.4. The molecule has 0 spiro atoms. The molecule has 3 N–H and O–H groups in total. The molecule has 0 bridgehead atoms. The van der Waals surface area contributed by atoms with E-state index >= 15 is 0 Å². The Hall–Kier alpha value is -0.690. The van der Waals surface area contributed by atoms with Crippen LogP contribution in [0, 0.1) is 5.92 Å². The molecule has 4 atom stereocenters. The van der Waals surface area contributed by atoms with Gasteiger partial charge in [0.05, 0.1) is 25.2 Å². The largest absolute Gasteiger partial charge is 0.394 e. The van der Waals surface area contributed by atoms with E-state index in [9.17, 15) is 15.0 Å². The van der Waals surface area contributed by atoms with E-state index in [1.165, 1.54) is 4.90 Å². The summed E-state index contributed by atoms with van der Waals surface area (Å²) in [7, 11) is 3.14. The van der Waals surface area contributed by atoms with Crippen molar-refractivity contribution in [2.24, 2.45) is 5.92 Å². The van der Waals surface area contributed by atoms with Gasteiger partial charge in [-0.1, -0.05) is 0 Å². The molecule has 0 aromatic heterocycles. The maximum Gasteiger partial charge on any atom is 0.230 e. The van der Waals surface area contributed by atoms with Crippen LogP contribution in [0.3, 0.4) is 0 Å². The molecule has 1 heterocycles. The first-order chi connectivity index (χ1) is 6.99. The van der Waals surface area contributed by atoms with E-state index in [0.717, 1.165) is 0 Å². The molecule has 0 aromatic carbocycles. The number of rotatable bonds is 2. The molecule has 0 aliphatic carbocycles. The molecule has 0 saturated carbocycles. The number of amides is 1. The van der Waals surface area contributed by atoms with Gasteiger partial charge in [0.25, 0.3) is 0 Å². The van der Waals surface area contributed by atoms with E-state index in [1.807, 2.05) is 0 Å². The number of ether oxygens (including phenoxy) is 1. The molecule has 6 heteroatoms. The lowest BCUT2D eigenvalue weighted by atomic mass is 9.91. The summed E-state index contributed by atoms with van der Waals surface area (Å²) >= 11 is 0. The van der Waals surface area contributed by atoms with Crippen molar-refractivity contribution in [1.82, 2.24) is 4.90 Å². The highest BCUT2D eigenvalue weighted by Crippen LogP contribution is 2.21. The molecule has 6 nitrogen and oxygen atoms in total. The maximum atomic E-state index is 11.6. The minimum Gasteiger partial charge on any atom is -0.394 e. The van der Waals surface area contributed by atoms with Gasteiger partial charge in [-0.2, -0.15) is 0 Å². The van der Waals surface area contributed by atoms with Gasteiger partial charge < -0.3 is 25.0 Å².